The molecule has 0 bridgehead atoms. The standard InChI is InChI=1S/C9H15NO/c10-9(7-3-4-7)8(11)5-6-1-2-6/h6-7,9H,1-5,10H2. The lowest BCUT2D eigenvalue weighted by atomic mass is 10.0. The van der Waals surface area contributed by atoms with Gasteiger partial charge in [-0.25, -0.2) is 0 Å². The number of hydrogen-bond donors (Lipinski definition) is 1. The second-order valence-electron chi connectivity index (χ2n) is 3.98. The van der Waals surface area contributed by atoms with E-state index in [0.717, 1.165) is 6.42 Å². The van der Waals surface area contributed by atoms with Crippen LogP contribution in [0.15, 0.2) is 0 Å². The molecule has 0 amide bonds. The smallest absolute Gasteiger partial charge is 0.150 e. The SMILES string of the molecule is NC(C(=O)CC1CC1)C1CC1. The largest absolute Gasteiger partial charge is 0.321 e. The zero-order valence-corrected chi connectivity index (χ0v) is 6.75. The maximum atomic E-state index is 11.3. The minimum atomic E-state index is -0.115. The van der Waals surface area contributed by atoms with E-state index in [9.17, 15) is 4.79 Å². The van der Waals surface area contributed by atoms with Gasteiger partial charge in [-0.15, -0.1) is 0 Å². The molecule has 2 saturated carbocycles. The van der Waals surface area contributed by atoms with Gasteiger partial charge in [0, 0.05) is 6.42 Å². The minimum absolute atomic E-state index is 0.115. The van der Waals surface area contributed by atoms with Crippen LogP contribution in [0.5, 0.6) is 0 Å². The van der Waals surface area contributed by atoms with Gasteiger partial charge in [0.2, 0.25) is 0 Å². The number of carbonyl (C=O) groups is 1. The summed E-state index contributed by atoms with van der Waals surface area (Å²) in [5.41, 5.74) is 5.75. The highest BCUT2D eigenvalue weighted by Crippen LogP contribution is 2.36. The molecule has 1 atom stereocenters. The molecule has 2 aliphatic carbocycles. The first-order chi connectivity index (χ1) is 5.27. The summed E-state index contributed by atoms with van der Waals surface area (Å²) < 4.78 is 0. The monoisotopic (exact) mass is 153 g/mol. The Hall–Kier alpha value is -0.370. The predicted molar refractivity (Wildman–Crippen MR) is 43.0 cm³/mol. The van der Waals surface area contributed by atoms with Crippen molar-refractivity contribution in [3.63, 3.8) is 0 Å². The van der Waals surface area contributed by atoms with Gasteiger partial charge < -0.3 is 5.73 Å². The van der Waals surface area contributed by atoms with E-state index in [2.05, 4.69) is 0 Å². The van der Waals surface area contributed by atoms with Crippen molar-refractivity contribution in [2.75, 3.05) is 0 Å². The van der Waals surface area contributed by atoms with Crippen molar-refractivity contribution >= 4 is 5.78 Å². The van der Waals surface area contributed by atoms with Crippen molar-refractivity contribution in [3.05, 3.63) is 0 Å². The molecule has 62 valence electrons. The van der Waals surface area contributed by atoms with E-state index >= 15 is 0 Å². The Kier molecular flexibility index (Phi) is 1.72. The third-order valence-electron chi connectivity index (χ3n) is 2.69. The van der Waals surface area contributed by atoms with Gasteiger partial charge >= 0.3 is 0 Å². The van der Waals surface area contributed by atoms with Gasteiger partial charge in [-0.2, -0.15) is 0 Å². The van der Waals surface area contributed by atoms with Gasteiger partial charge in [-0.1, -0.05) is 0 Å². The van der Waals surface area contributed by atoms with E-state index < -0.39 is 0 Å². The Morgan fingerprint density at radius 1 is 1.36 bits per heavy atom. The molecule has 11 heavy (non-hydrogen) atoms. The molecule has 0 aromatic heterocycles. The lowest BCUT2D eigenvalue weighted by molar-refractivity contribution is -0.121. The third kappa shape index (κ3) is 1.80. The van der Waals surface area contributed by atoms with E-state index in [1.54, 1.807) is 0 Å². The molecule has 0 saturated heterocycles. The second-order valence-corrected chi connectivity index (χ2v) is 3.98. The summed E-state index contributed by atoms with van der Waals surface area (Å²) >= 11 is 0. The van der Waals surface area contributed by atoms with Gasteiger partial charge in [0.15, 0.2) is 0 Å². The van der Waals surface area contributed by atoms with E-state index in [4.69, 9.17) is 5.73 Å². The van der Waals surface area contributed by atoms with Crippen molar-refractivity contribution in [3.8, 4) is 0 Å². The molecule has 2 N–H and O–H groups in total. The molecule has 0 radical (unpaired) electrons. The highest BCUT2D eigenvalue weighted by Gasteiger charge is 2.35. The molecular formula is C9H15NO. The summed E-state index contributed by atoms with van der Waals surface area (Å²) in [7, 11) is 0. The summed E-state index contributed by atoms with van der Waals surface area (Å²) in [5.74, 6) is 1.56. The van der Waals surface area contributed by atoms with E-state index in [0.29, 0.717) is 17.6 Å². The molecular weight excluding hydrogens is 138 g/mol. The predicted octanol–water partition coefficient (Wildman–Crippen LogP) is 1.09. The lowest BCUT2D eigenvalue weighted by Gasteiger charge is -2.07. The first-order valence-corrected chi connectivity index (χ1v) is 4.55. The van der Waals surface area contributed by atoms with Crippen LogP contribution >= 0.6 is 0 Å². The molecule has 2 heteroatoms. The highest BCUT2D eigenvalue weighted by molar-refractivity contribution is 5.84. The zero-order chi connectivity index (χ0) is 7.84. The van der Waals surface area contributed by atoms with Crippen molar-refractivity contribution in [1.82, 2.24) is 0 Å². The van der Waals surface area contributed by atoms with Crippen molar-refractivity contribution < 1.29 is 4.79 Å². The number of hydrogen-bond acceptors (Lipinski definition) is 2. The van der Waals surface area contributed by atoms with Gasteiger partial charge in [0.05, 0.1) is 6.04 Å². The second kappa shape index (κ2) is 2.59. The number of Topliss-reactive ketones (excluding diaryl/α,β-unsaturated/α-hetero) is 1. The van der Waals surface area contributed by atoms with Crippen LogP contribution in [0, 0.1) is 11.8 Å². The maximum Gasteiger partial charge on any atom is 0.150 e. The highest BCUT2D eigenvalue weighted by atomic mass is 16.1. The van der Waals surface area contributed by atoms with Crippen molar-refractivity contribution in [2.45, 2.75) is 38.1 Å². The van der Waals surface area contributed by atoms with Crippen LogP contribution in [0.3, 0.4) is 0 Å². The average molecular weight is 153 g/mol. The molecule has 2 fully saturated rings. The van der Waals surface area contributed by atoms with E-state index in [1.165, 1.54) is 25.7 Å². The van der Waals surface area contributed by atoms with Crippen molar-refractivity contribution in [2.24, 2.45) is 17.6 Å². The third-order valence-corrected chi connectivity index (χ3v) is 2.69. The van der Waals surface area contributed by atoms with Crippen LogP contribution < -0.4 is 5.73 Å². The molecule has 0 heterocycles. The van der Waals surface area contributed by atoms with Crippen LogP contribution in [0.25, 0.3) is 0 Å². The zero-order valence-electron chi connectivity index (χ0n) is 6.75. The molecule has 2 rings (SSSR count). The van der Waals surface area contributed by atoms with Crippen LogP contribution in [0.2, 0.25) is 0 Å². The number of nitrogens with two attached hydrogens (primary N) is 1. The number of carbonyl (C=O) groups excluding carboxylic acids is 1. The molecule has 0 aromatic carbocycles. The average Bonchev–Trinajstić information content (AvgIpc) is 2.81. The molecule has 0 aromatic rings. The Morgan fingerprint density at radius 2 is 2.00 bits per heavy atom. The fraction of sp³-hybridized carbons (Fsp3) is 0.889. The van der Waals surface area contributed by atoms with Gasteiger partial charge in [-0.3, -0.25) is 4.79 Å². The van der Waals surface area contributed by atoms with Crippen LogP contribution in [-0.4, -0.2) is 11.8 Å². The summed E-state index contributed by atoms with van der Waals surface area (Å²) in [6.07, 6.45) is 5.62. The van der Waals surface area contributed by atoms with Crippen LogP contribution in [-0.2, 0) is 4.79 Å². The molecule has 0 aliphatic heterocycles. The summed E-state index contributed by atoms with van der Waals surface area (Å²) in [6.45, 7) is 0. The normalized spacial score (nSPS) is 26.6. The molecule has 2 nitrogen and oxygen atoms in total. The number of ketones is 1. The summed E-state index contributed by atoms with van der Waals surface area (Å²) in [5, 5.41) is 0. The van der Waals surface area contributed by atoms with Crippen LogP contribution in [0.1, 0.15) is 32.1 Å². The van der Waals surface area contributed by atoms with Gasteiger partial charge in [0.25, 0.3) is 0 Å². The van der Waals surface area contributed by atoms with Gasteiger partial charge in [0.1, 0.15) is 5.78 Å². The van der Waals surface area contributed by atoms with E-state index in [-0.39, 0.29) is 6.04 Å². The fourth-order valence-corrected chi connectivity index (χ4v) is 1.46. The van der Waals surface area contributed by atoms with Gasteiger partial charge in [-0.05, 0) is 37.5 Å². The fourth-order valence-electron chi connectivity index (χ4n) is 1.46. The summed E-state index contributed by atoms with van der Waals surface area (Å²) in [6, 6.07) is -0.115. The minimum Gasteiger partial charge on any atom is -0.321 e. The van der Waals surface area contributed by atoms with E-state index in [1.807, 2.05) is 0 Å². The Morgan fingerprint density at radius 3 is 2.45 bits per heavy atom. The Balaban J connectivity index is 1.77. The molecule has 1 unspecified atom stereocenters. The molecule has 2 aliphatic rings. The number of rotatable bonds is 4. The Bertz CT molecular complexity index is 170. The quantitative estimate of drug-likeness (QED) is 0.657. The van der Waals surface area contributed by atoms with Crippen LogP contribution in [0.4, 0.5) is 0 Å². The topological polar surface area (TPSA) is 43.1 Å². The van der Waals surface area contributed by atoms with Crippen molar-refractivity contribution in [1.29, 1.82) is 0 Å². The Labute approximate surface area is 67.1 Å². The maximum absolute atomic E-state index is 11.3. The lowest BCUT2D eigenvalue weighted by Crippen LogP contribution is -2.32. The molecule has 0 spiro atoms. The first kappa shape index (κ1) is 7.29. The summed E-state index contributed by atoms with van der Waals surface area (Å²) in [4.78, 5) is 11.3. The first-order valence-electron chi connectivity index (χ1n) is 4.55.